The smallest absolute Gasteiger partial charge is 0.265 e. The van der Waals surface area contributed by atoms with E-state index >= 15 is 0 Å². The molecule has 2 amide bonds. The van der Waals surface area contributed by atoms with Gasteiger partial charge in [0.2, 0.25) is 0 Å². The molecule has 0 aliphatic carbocycles. The summed E-state index contributed by atoms with van der Waals surface area (Å²) in [4.78, 5) is 30.4. The van der Waals surface area contributed by atoms with Crippen molar-refractivity contribution in [3.05, 3.63) is 65.4 Å². The molecular weight excluding hydrogens is 382 g/mol. The second-order valence-electron chi connectivity index (χ2n) is 7.60. The fraction of sp³-hybridized carbons (Fsp3) is 0.348. The number of carbonyl (C=O) groups excluding carboxylic acids is 2. The summed E-state index contributed by atoms with van der Waals surface area (Å²) in [6.07, 6.45) is 7.26. The number of rotatable bonds is 4. The summed E-state index contributed by atoms with van der Waals surface area (Å²) in [7, 11) is 2.05. The third-order valence-corrected chi connectivity index (χ3v) is 6.05. The van der Waals surface area contributed by atoms with Crippen LogP contribution in [0.2, 0.25) is 0 Å². The highest BCUT2D eigenvalue weighted by molar-refractivity contribution is 7.80. The molecule has 0 N–H and O–H groups in total. The Hall–Kier alpha value is -2.73. The molecular formula is C23H27N3O2S. The second kappa shape index (κ2) is 7.95. The summed E-state index contributed by atoms with van der Waals surface area (Å²) in [6, 6.07) is 8.36. The first-order valence-electron chi connectivity index (χ1n) is 9.85. The minimum absolute atomic E-state index is 0.122. The van der Waals surface area contributed by atoms with E-state index in [1.807, 2.05) is 32.1 Å². The van der Waals surface area contributed by atoms with Crippen LogP contribution in [0.15, 0.2) is 59.8 Å². The highest BCUT2D eigenvalue weighted by Gasteiger charge is 2.38. The summed E-state index contributed by atoms with van der Waals surface area (Å²) in [5, 5.41) is 0.278. The van der Waals surface area contributed by atoms with Crippen molar-refractivity contribution >= 4 is 34.8 Å². The normalized spacial score (nSPS) is 20.3. The predicted molar refractivity (Wildman–Crippen MR) is 121 cm³/mol. The van der Waals surface area contributed by atoms with Gasteiger partial charge < -0.3 is 4.90 Å². The first-order valence-corrected chi connectivity index (χ1v) is 10.3. The van der Waals surface area contributed by atoms with Crippen LogP contribution in [0.3, 0.4) is 0 Å². The Labute approximate surface area is 178 Å². The van der Waals surface area contributed by atoms with Gasteiger partial charge in [0.15, 0.2) is 5.11 Å². The van der Waals surface area contributed by atoms with Crippen LogP contribution in [0.4, 0.5) is 5.69 Å². The minimum Gasteiger partial charge on any atom is -0.347 e. The van der Waals surface area contributed by atoms with Crippen molar-refractivity contribution in [2.24, 2.45) is 0 Å². The van der Waals surface area contributed by atoms with Crippen LogP contribution in [0.1, 0.15) is 33.3 Å². The van der Waals surface area contributed by atoms with Crippen LogP contribution >= 0.6 is 12.2 Å². The summed E-state index contributed by atoms with van der Waals surface area (Å²) in [6.45, 7) is 8.96. The maximum Gasteiger partial charge on any atom is 0.265 e. The summed E-state index contributed by atoms with van der Waals surface area (Å²) < 4.78 is 0. The second-order valence-corrected chi connectivity index (χ2v) is 7.96. The van der Waals surface area contributed by atoms with Crippen LogP contribution in [0.5, 0.6) is 0 Å². The number of anilines is 1. The molecule has 29 heavy (non-hydrogen) atoms. The van der Waals surface area contributed by atoms with E-state index in [4.69, 9.17) is 12.2 Å². The number of nitrogens with zero attached hydrogens (tertiary/aromatic N) is 3. The zero-order valence-corrected chi connectivity index (χ0v) is 18.4. The molecule has 0 atom stereocenters. The van der Waals surface area contributed by atoms with Gasteiger partial charge in [0, 0.05) is 36.9 Å². The van der Waals surface area contributed by atoms with Gasteiger partial charge in [-0.1, -0.05) is 44.2 Å². The topological polar surface area (TPSA) is 43.9 Å². The Morgan fingerprint density at radius 1 is 0.966 bits per heavy atom. The van der Waals surface area contributed by atoms with E-state index in [1.165, 1.54) is 21.1 Å². The number of thiocarbonyl (C=S) groups is 1. The van der Waals surface area contributed by atoms with Crippen molar-refractivity contribution in [1.29, 1.82) is 0 Å². The van der Waals surface area contributed by atoms with E-state index < -0.39 is 0 Å². The number of carbonyl (C=O) groups is 2. The third kappa shape index (κ3) is 3.42. The lowest BCUT2D eigenvalue weighted by Crippen LogP contribution is -2.55. The van der Waals surface area contributed by atoms with Gasteiger partial charge in [-0.25, -0.2) is 0 Å². The Kier molecular flexibility index (Phi) is 5.75. The van der Waals surface area contributed by atoms with Crippen molar-refractivity contribution in [3.8, 4) is 0 Å². The Morgan fingerprint density at radius 2 is 1.52 bits per heavy atom. The van der Waals surface area contributed by atoms with Crippen molar-refractivity contribution < 1.29 is 9.59 Å². The molecule has 1 aromatic rings. The molecule has 3 rings (SSSR count). The van der Waals surface area contributed by atoms with E-state index in [2.05, 4.69) is 44.0 Å². The molecule has 2 heterocycles. The number of allylic oxidation sites excluding steroid dienone is 5. The summed E-state index contributed by atoms with van der Waals surface area (Å²) >= 11 is 5.28. The largest absolute Gasteiger partial charge is 0.347 e. The monoisotopic (exact) mass is 409 g/mol. The van der Waals surface area contributed by atoms with Gasteiger partial charge in [0.25, 0.3) is 11.8 Å². The number of hydrogen-bond donors (Lipinski definition) is 0. The zero-order chi connectivity index (χ0) is 21.3. The number of benzene rings is 1. The lowest BCUT2D eigenvalue weighted by atomic mass is 9.84. The molecule has 0 aromatic heterocycles. The van der Waals surface area contributed by atoms with Crippen LogP contribution in [-0.4, -0.2) is 46.9 Å². The first kappa shape index (κ1) is 21.0. The van der Waals surface area contributed by atoms with Crippen LogP contribution in [-0.2, 0) is 15.0 Å². The zero-order valence-electron chi connectivity index (χ0n) is 17.6. The number of hydrogen-bond acceptors (Lipinski definition) is 4. The Balaban J connectivity index is 1.89. The van der Waals surface area contributed by atoms with Crippen LogP contribution < -0.4 is 4.90 Å². The van der Waals surface area contributed by atoms with Gasteiger partial charge in [-0.05, 0) is 49.8 Å². The van der Waals surface area contributed by atoms with Crippen LogP contribution in [0.25, 0.3) is 0 Å². The average molecular weight is 410 g/mol. The van der Waals surface area contributed by atoms with Gasteiger partial charge in [-0.15, -0.1) is 0 Å². The quantitative estimate of drug-likeness (QED) is 0.431. The molecule has 2 aliphatic heterocycles. The molecule has 1 aromatic carbocycles. The first-order chi connectivity index (χ1) is 13.8. The van der Waals surface area contributed by atoms with Gasteiger partial charge in [0.05, 0.1) is 0 Å². The highest BCUT2D eigenvalue weighted by atomic mass is 32.1. The number of para-hydroxylation sites is 1. The van der Waals surface area contributed by atoms with Gasteiger partial charge in [-0.2, -0.15) is 0 Å². The lowest BCUT2D eigenvalue weighted by molar-refractivity contribution is -0.133. The van der Waals surface area contributed by atoms with Crippen molar-refractivity contribution in [1.82, 2.24) is 9.80 Å². The summed E-state index contributed by atoms with van der Waals surface area (Å²) in [5.41, 5.74) is 3.65. The van der Waals surface area contributed by atoms with Crippen molar-refractivity contribution in [2.75, 3.05) is 25.0 Å². The third-order valence-electron chi connectivity index (χ3n) is 5.61. The standard InChI is InChI=1S/C23H27N3O2S/c1-6-25-20(27)16(21(28)26(7-2)22(25)29)12-8-11-15-19-23(3,4)17-13-9-10-14-18(17)24(19)5/h8-15H,6-7H2,1-5H3/b11-8+,19-15-. The van der Waals surface area contributed by atoms with Gasteiger partial charge >= 0.3 is 0 Å². The fourth-order valence-corrected chi connectivity index (χ4v) is 4.43. The SMILES string of the molecule is CCN1C(=O)C(=C/C=C/C=C2\N(C)c3ccccc3C2(C)C)C(=O)N(CC)C1=S. The van der Waals surface area contributed by atoms with E-state index in [0.29, 0.717) is 13.1 Å². The Morgan fingerprint density at radius 3 is 2.07 bits per heavy atom. The number of amides is 2. The predicted octanol–water partition coefficient (Wildman–Crippen LogP) is 3.78. The molecule has 152 valence electrons. The highest BCUT2D eigenvalue weighted by Crippen LogP contribution is 2.46. The molecule has 2 aliphatic rings. The molecule has 5 nitrogen and oxygen atoms in total. The molecule has 0 bridgehead atoms. The van der Waals surface area contributed by atoms with E-state index in [0.717, 1.165) is 5.70 Å². The van der Waals surface area contributed by atoms with E-state index in [1.54, 1.807) is 12.2 Å². The number of fused-ring (bicyclic) bond motifs is 1. The molecule has 6 heteroatoms. The molecule has 0 saturated carbocycles. The fourth-order valence-electron chi connectivity index (χ4n) is 4.00. The van der Waals surface area contributed by atoms with Gasteiger partial charge in [0.1, 0.15) is 5.57 Å². The lowest BCUT2D eigenvalue weighted by Gasteiger charge is -2.35. The van der Waals surface area contributed by atoms with E-state index in [9.17, 15) is 9.59 Å². The molecule has 0 radical (unpaired) electrons. The van der Waals surface area contributed by atoms with Crippen molar-refractivity contribution in [2.45, 2.75) is 33.1 Å². The maximum atomic E-state index is 12.7. The maximum absolute atomic E-state index is 12.7. The van der Waals surface area contributed by atoms with E-state index in [-0.39, 0.29) is 27.9 Å². The van der Waals surface area contributed by atoms with Crippen LogP contribution in [0, 0.1) is 0 Å². The molecule has 1 fully saturated rings. The number of likely N-dealkylation sites (N-methyl/N-ethyl adjacent to an activating group) is 3. The van der Waals surface area contributed by atoms with Crippen molar-refractivity contribution in [3.63, 3.8) is 0 Å². The van der Waals surface area contributed by atoms with Gasteiger partial charge in [-0.3, -0.25) is 19.4 Å². The minimum atomic E-state index is -0.338. The molecule has 0 unspecified atom stereocenters. The molecule has 1 saturated heterocycles. The average Bonchev–Trinajstić information content (AvgIpc) is 2.88. The summed E-state index contributed by atoms with van der Waals surface area (Å²) in [5.74, 6) is -0.676. The Bertz CT molecular complexity index is 931. The molecule has 0 spiro atoms.